The van der Waals surface area contributed by atoms with Crippen LogP contribution in [0.4, 0.5) is 10.1 Å². The average Bonchev–Trinajstić information content (AvgIpc) is 3.27. The Morgan fingerprint density at radius 1 is 1.13 bits per heavy atom. The number of sulfonamides is 1. The number of nitrogens with one attached hydrogen (secondary N) is 1. The lowest BCUT2D eigenvalue weighted by atomic mass is 10.2. The molecule has 0 unspecified atom stereocenters. The second-order valence-corrected chi connectivity index (χ2v) is 10.0. The number of amides is 1. The standard InChI is InChI=1S/C22H23FN2O4S2/c1-16(2)29-18-8-5-7-17(13-18)14-24-21(26)15-25(20-10-4-3-9-19(20)23)31(27,28)22-11-6-12-30-22/h3-13,16H,14-15H2,1-2H3,(H,24,26). The Morgan fingerprint density at radius 3 is 2.58 bits per heavy atom. The molecule has 0 aliphatic carbocycles. The highest BCUT2D eigenvalue weighted by atomic mass is 32.2. The molecule has 0 spiro atoms. The summed E-state index contributed by atoms with van der Waals surface area (Å²) in [6.45, 7) is 3.46. The summed E-state index contributed by atoms with van der Waals surface area (Å²) in [7, 11) is -4.10. The smallest absolute Gasteiger partial charge is 0.274 e. The molecule has 164 valence electrons. The molecule has 2 aromatic carbocycles. The molecule has 0 bridgehead atoms. The summed E-state index contributed by atoms with van der Waals surface area (Å²) in [6, 6.07) is 15.7. The molecule has 0 fully saturated rings. The van der Waals surface area contributed by atoms with Gasteiger partial charge in [-0.15, -0.1) is 11.3 Å². The normalized spacial score (nSPS) is 11.4. The fraction of sp³-hybridized carbons (Fsp3) is 0.227. The van der Waals surface area contributed by atoms with Crippen molar-refractivity contribution in [3.63, 3.8) is 0 Å². The van der Waals surface area contributed by atoms with Gasteiger partial charge >= 0.3 is 0 Å². The fourth-order valence-corrected chi connectivity index (χ4v) is 5.39. The third kappa shape index (κ3) is 5.83. The summed E-state index contributed by atoms with van der Waals surface area (Å²) in [5.41, 5.74) is 0.614. The van der Waals surface area contributed by atoms with Gasteiger partial charge < -0.3 is 10.1 Å². The van der Waals surface area contributed by atoms with Crippen molar-refractivity contribution in [3.05, 3.63) is 77.4 Å². The van der Waals surface area contributed by atoms with Crippen molar-refractivity contribution in [2.24, 2.45) is 0 Å². The summed E-state index contributed by atoms with van der Waals surface area (Å²) in [6.07, 6.45) is 0.0154. The molecule has 1 aromatic heterocycles. The van der Waals surface area contributed by atoms with Gasteiger partial charge in [0.15, 0.2) is 0 Å². The number of nitrogens with zero attached hydrogens (tertiary/aromatic N) is 1. The van der Waals surface area contributed by atoms with Crippen LogP contribution in [0.15, 0.2) is 70.3 Å². The number of carbonyl (C=O) groups is 1. The quantitative estimate of drug-likeness (QED) is 0.518. The van der Waals surface area contributed by atoms with Crippen LogP contribution in [0.1, 0.15) is 19.4 Å². The van der Waals surface area contributed by atoms with E-state index in [1.165, 1.54) is 24.3 Å². The minimum Gasteiger partial charge on any atom is -0.491 e. The van der Waals surface area contributed by atoms with E-state index in [1.807, 2.05) is 32.0 Å². The minimum absolute atomic E-state index is 0.0154. The summed E-state index contributed by atoms with van der Waals surface area (Å²) >= 11 is 1.00. The molecule has 3 aromatic rings. The Balaban J connectivity index is 1.77. The zero-order valence-electron chi connectivity index (χ0n) is 17.1. The molecule has 1 heterocycles. The van der Waals surface area contributed by atoms with Crippen LogP contribution in [0.5, 0.6) is 5.75 Å². The molecule has 0 radical (unpaired) electrons. The minimum atomic E-state index is -4.10. The summed E-state index contributed by atoms with van der Waals surface area (Å²) in [4.78, 5) is 12.6. The molecule has 0 saturated heterocycles. The number of benzene rings is 2. The maximum Gasteiger partial charge on any atom is 0.274 e. The summed E-state index contributed by atoms with van der Waals surface area (Å²) < 4.78 is 47.0. The first-order chi connectivity index (χ1) is 14.8. The first-order valence-electron chi connectivity index (χ1n) is 9.60. The Bertz CT molecular complexity index is 1130. The van der Waals surface area contributed by atoms with Crippen LogP contribution in [0.2, 0.25) is 0 Å². The molecule has 0 aliphatic rings. The van der Waals surface area contributed by atoms with E-state index in [0.29, 0.717) is 5.75 Å². The first kappa shape index (κ1) is 22.8. The van der Waals surface area contributed by atoms with Gasteiger partial charge in [0.2, 0.25) is 5.91 Å². The first-order valence-corrected chi connectivity index (χ1v) is 11.9. The van der Waals surface area contributed by atoms with Gasteiger partial charge in [-0.3, -0.25) is 9.10 Å². The van der Waals surface area contributed by atoms with Gasteiger partial charge in [-0.1, -0.05) is 30.3 Å². The number of ether oxygens (including phenoxy) is 1. The van der Waals surface area contributed by atoms with Crippen molar-refractivity contribution in [3.8, 4) is 5.75 Å². The SMILES string of the molecule is CC(C)Oc1cccc(CNC(=O)CN(c2ccccc2F)S(=O)(=O)c2cccs2)c1. The van der Waals surface area contributed by atoms with E-state index >= 15 is 0 Å². The monoisotopic (exact) mass is 462 g/mol. The topological polar surface area (TPSA) is 75.7 Å². The Kier molecular flexibility index (Phi) is 7.29. The molecule has 1 N–H and O–H groups in total. The maximum absolute atomic E-state index is 14.4. The molecule has 0 aliphatic heterocycles. The molecular formula is C22H23FN2O4S2. The highest BCUT2D eigenvalue weighted by Gasteiger charge is 2.29. The second kappa shape index (κ2) is 9.93. The summed E-state index contributed by atoms with van der Waals surface area (Å²) in [5, 5.41) is 4.31. The van der Waals surface area contributed by atoms with Gasteiger partial charge in [-0.25, -0.2) is 12.8 Å². The number of halogens is 1. The van der Waals surface area contributed by atoms with Crippen molar-refractivity contribution in [1.29, 1.82) is 0 Å². The summed E-state index contributed by atoms with van der Waals surface area (Å²) in [5.74, 6) is -0.609. The van der Waals surface area contributed by atoms with E-state index in [-0.39, 0.29) is 22.5 Å². The average molecular weight is 463 g/mol. The van der Waals surface area contributed by atoms with E-state index in [1.54, 1.807) is 17.5 Å². The zero-order chi connectivity index (χ0) is 22.4. The van der Waals surface area contributed by atoms with Crippen LogP contribution in [0.25, 0.3) is 0 Å². The zero-order valence-corrected chi connectivity index (χ0v) is 18.8. The predicted octanol–water partition coefficient (Wildman–Crippen LogP) is 4.19. The van der Waals surface area contributed by atoms with Crippen LogP contribution in [-0.4, -0.2) is 27.0 Å². The maximum atomic E-state index is 14.4. The van der Waals surface area contributed by atoms with Gasteiger partial charge in [-0.2, -0.15) is 0 Å². The van der Waals surface area contributed by atoms with E-state index in [2.05, 4.69) is 5.32 Å². The number of thiophene rings is 1. The number of rotatable bonds is 9. The molecule has 0 saturated carbocycles. The molecule has 1 amide bonds. The van der Waals surface area contributed by atoms with Crippen LogP contribution in [0.3, 0.4) is 0 Å². The fourth-order valence-electron chi connectivity index (χ4n) is 2.86. The molecular weight excluding hydrogens is 439 g/mol. The van der Waals surface area contributed by atoms with Crippen LogP contribution in [0, 0.1) is 5.82 Å². The van der Waals surface area contributed by atoms with Crippen LogP contribution in [-0.2, 0) is 21.4 Å². The van der Waals surface area contributed by atoms with Gasteiger partial charge in [-0.05, 0) is 55.1 Å². The van der Waals surface area contributed by atoms with Crippen LogP contribution < -0.4 is 14.4 Å². The van der Waals surface area contributed by atoms with Crippen molar-refractivity contribution in [1.82, 2.24) is 5.32 Å². The number of hydrogen-bond acceptors (Lipinski definition) is 5. The van der Waals surface area contributed by atoms with Gasteiger partial charge in [0, 0.05) is 6.54 Å². The second-order valence-electron chi connectivity index (χ2n) is 6.99. The molecule has 9 heteroatoms. The number of para-hydroxylation sites is 1. The third-order valence-electron chi connectivity index (χ3n) is 4.21. The van der Waals surface area contributed by atoms with Crippen molar-refractivity contribution < 1.29 is 22.3 Å². The van der Waals surface area contributed by atoms with Gasteiger partial charge in [0.05, 0.1) is 11.8 Å². The van der Waals surface area contributed by atoms with Gasteiger partial charge in [0.25, 0.3) is 10.0 Å². The molecule has 6 nitrogen and oxygen atoms in total. The third-order valence-corrected chi connectivity index (χ3v) is 7.34. The van der Waals surface area contributed by atoms with E-state index in [4.69, 9.17) is 4.74 Å². The number of anilines is 1. The lowest BCUT2D eigenvalue weighted by molar-refractivity contribution is -0.119. The van der Waals surface area contributed by atoms with E-state index in [9.17, 15) is 17.6 Å². The van der Waals surface area contributed by atoms with Gasteiger partial charge in [0.1, 0.15) is 22.3 Å². The molecule has 3 rings (SSSR count). The highest BCUT2D eigenvalue weighted by Crippen LogP contribution is 2.28. The highest BCUT2D eigenvalue weighted by molar-refractivity contribution is 7.94. The number of hydrogen-bond donors (Lipinski definition) is 1. The van der Waals surface area contributed by atoms with E-state index in [0.717, 1.165) is 27.3 Å². The Morgan fingerprint density at radius 2 is 1.90 bits per heavy atom. The Labute approximate surface area is 185 Å². The lowest BCUT2D eigenvalue weighted by Gasteiger charge is -2.23. The number of carbonyl (C=O) groups excluding carboxylic acids is 1. The van der Waals surface area contributed by atoms with E-state index < -0.39 is 28.3 Å². The van der Waals surface area contributed by atoms with Crippen molar-refractivity contribution >= 4 is 33.0 Å². The van der Waals surface area contributed by atoms with Crippen LogP contribution >= 0.6 is 11.3 Å². The molecule has 0 atom stereocenters. The lowest BCUT2D eigenvalue weighted by Crippen LogP contribution is -2.40. The predicted molar refractivity (Wildman–Crippen MR) is 119 cm³/mol. The largest absolute Gasteiger partial charge is 0.491 e. The molecule has 31 heavy (non-hydrogen) atoms. The van der Waals surface area contributed by atoms with Crippen molar-refractivity contribution in [2.75, 3.05) is 10.8 Å². The Hall–Kier alpha value is -2.91. The van der Waals surface area contributed by atoms with Crippen molar-refractivity contribution in [2.45, 2.75) is 30.7 Å².